The van der Waals surface area contributed by atoms with Crippen molar-refractivity contribution in [2.75, 3.05) is 13.7 Å². The van der Waals surface area contributed by atoms with Crippen LogP contribution in [0.15, 0.2) is 46.1 Å². The summed E-state index contributed by atoms with van der Waals surface area (Å²) in [6.07, 6.45) is 2.36. The van der Waals surface area contributed by atoms with Crippen LogP contribution in [0.3, 0.4) is 0 Å². The van der Waals surface area contributed by atoms with E-state index >= 15 is 0 Å². The van der Waals surface area contributed by atoms with Crippen LogP contribution in [-0.4, -0.2) is 27.2 Å². The summed E-state index contributed by atoms with van der Waals surface area (Å²) in [4.78, 5) is 0.0906. The van der Waals surface area contributed by atoms with E-state index in [4.69, 9.17) is 9.15 Å². The highest BCUT2D eigenvalue weighted by Crippen LogP contribution is 2.24. The van der Waals surface area contributed by atoms with E-state index in [0.717, 1.165) is 5.56 Å². The molecule has 0 aliphatic rings. The van der Waals surface area contributed by atoms with Crippen LogP contribution in [0.25, 0.3) is 0 Å². The van der Waals surface area contributed by atoms with Gasteiger partial charge in [-0.2, -0.15) is 0 Å². The molecule has 0 amide bonds. The Kier molecular flexibility index (Phi) is 5.23. The Morgan fingerprint density at radius 2 is 2.14 bits per heavy atom. The minimum absolute atomic E-state index is 0.0906. The van der Waals surface area contributed by atoms with Gasteiger partial charge in [-0.15, -0.1) is 0 Å². The molecular formula is C15H19NO5S. The molecule has 0 fully saturated rings. The Hall–Kier alpha value is -1.83. The summed E-state index contributed by atoms with van der Waals surface area (Å²) >= 11 is 0. The lowest BCUT2D eigenvalue weighted by molar-refractivity contribution is 0.168. The number of rotatable bonds is 7. The van der Waals surface area contributed by atoms with Crippen LogP contribution in [0.1, 0.15) is 23.7 Å². The van der Waals surface area contributed by atoms with Crippen LogP contribution in [0.5, 0.6) is 5.75 Å². The molecular weight excluding hydrogens is 306 g/mol. The van der Waals surface area contributed by atoms with E-state index in [1.165, 1.54) is 19.6 Å². The third-order valence-corrected chi connectivity index (χ3v) is 4.73. The lowest BCUT2D eigenvalue weighted by atomic mass is 10.1. The number of aliphatic hydroxyl groups is 1. The molecule has 120 valence electrons. The summed E-state index contributed by atoms with van der Waals surface area (Å²) in [5.74, 6) is 0.286. The van der Waals surface area contributed by atoms with Crippen molar-refractivity contribution in [3.8, 4) is 5.75 Å². The third-order valence-electron chi connectivity index (χ3n) is 3.25. The van der Waals surface area contributed by atoms with Crippen molar-refractivity contribution >= 4 is 10.0 Å². The highest BCUT2D eigenvalue weighted by molar-refractivity contribution is 7.89. The third kappa shape index (κ3) is 3.88. The zero-order valence-corrected chi connectivity index (χ0v) is 13.3. The maximum absolute atomic E-state index is 12.3. The highest BCUT2D eigenvalue weighted by Gasteiger charge is 2.20. The molecule has 0 saturated heterocycles. The number of aliphatic hydroxyl groups excluding tert-OH is 1. The smallest absolute Gasteiger partial charge is 0.244 e. The van der Waals surface area contributed by atoms with E-state index in [2.05, 4.69) is 4.72 Å². The van der Waals surface area contributed by atoms with Crippen molar-refractivity contribution < 1.29 is 22.7 Å². The van der Waals surface area contributed by atoms with Gasteiger partial charge >= 0.3 is 0 Å². The molecule has 2 rings (SSSR count). The van der Waals surface area contributed by atoms with E-state index in [-0.39, 0.29) is 23.6 Å². The average molecular weight is 325 g/mol. The first-order valence-corrected chi connectivity index (χ1v) is 8.27. The van der Waals surface area contributed by atoms with Crippen LogP contribution in [0.4, 0.5) is 0 Å². The fourth-order valence-electron chi connectivity index (χ4n) is 2.03. The van der Waals surface area contributed by atoms with Crippen LogP contribution in [0.2, 0.25) is 0 Å². The van der Waals surface area contributed by atoms with Gasteiger partial charge in [-0.05, 0) is 37.1 Å². The number of sulfonamides is 1. The topological polar surface area (TPSA) is 88.8 Å². The molecule has 7 heteroatoms. The monoisotopic (exact) mass is 325 g/mol. The molecule has 0 saturated carbocycles. The highest BCUT2D eigenvalue weighted by atomic mass is 32.2. The Morgan fingerprint density at radius 1 is 1.36 bits per heavy atom. The molecule has 2 aromatic rings. The van der Waals surface area contributed by atoms with E-state index in [1.807, 2.05) is 0 Å². The SMILES string of the molecule is COc1ccc(C)cc1S(=O)(=O)NCCC(O)c1ccoc1. The van der Waals surface area contributed by atoms with Gasteiger partial charge in [-0.25, -0.2) is 13.1 Å². The number of benzene rings is 1. The van der Waals surface area contributed by atoms with Gasteiger partial charge in [0.05, 0.1) is 25.7 Å². The van der Waals surface area contributed by atoms with E-state index < -0.39 is 16.1 Å². The maximum atomic E-state index is 12.3. The minimum Gasteiger partial charge on any atom is -0.495 e. The lowest BCUT2D eigenvalue weighted by Crippen LogP contribution is -2.26. The Balaban J connectivity index is 2.04. The second-order valence-corrected chi connectivity index (χ2v) is 6.65. The number of hydrogen-bond donors (Lipinski definition) is 2. The first-order chi connectivity index (χ1) is 10.4. The fourth-order valence-corrected chi connectivity index (χ4v) is 3.33. The molecule has 0 bridgehead atoms. The number of aryl methyl sites for hydroxylation is 1. The van der Waals surface area contributed by atoms with Crippen LogP contribution in [-0.2, 0) is 10.0 Å². The summed E-state index contributed by atoms with van der Waals surface area (Å²) in [5, 5.41) is 9.90. The van der Waals surface area contributed by atoms with Gasteiger partial charge in [-0.1, -0.05) is 6.07 Å². The second kappa shape index (κ2) is 6.95. The summed E-state index contributed by atoms with van der Waals surface area (Å²) in [5.41, 5.74) is 1.44. The molecule has 2 N–H and O–H groups in total. The Morgan fingerprint density at radius 3 is 2.77 bits per heavy atom. The van der Waals surface area contributed by atoms with Crippen molar-refractivity contribution in [3.63, 3.8) is 0 Å². The number of nitrogens with one attached hydrogen (secondary N) is 1. The molecule has 0 spiro atoms. The van der Waals surface area contributed by atoms with Gasteiger partial charge < -0.3 is 14.3 Å². The zero-order chi connectivity index (χ0) is 16.2. The lowest BCUT2D eigenvalue weighted by Gasteiger charge is -2.13. The van der Waals surface area contributed by atoms with Crippen molar-refractivity contribution in [1.82, 2.24) is 4.72 Å². The van der Waals surface area contributed by atoms with Crippen LogP contribution in [0, 0.1) is 6.92 Å². The van der Waals surface area contributed by atoms with Gasteiger partial charge in [0, 0.05) is 12.1 Å². The molecule has 1 atom stereocenters. The predicted molar refractivity (Wildman–Crippen MR) is 81.2 cm³/mol. The summed E-state index contributed by atoms with van der Waals surface area (Å²) in [7, 11) is -2.28. The minimum atomic E-state index is -3.70. The van der Waals surface area contributed by atoms with Gasteiger partial charge in [0.25, 0.3) is 0 Å². The average Bonchev–Trinajstić information content (AvgIpc) is 3.01. The second-order valence-electron chi connectivity index (χ2n) is 4.91. The van der Waals surface area contributed by atoms with Gasteiger partial charge in [0.15, 0.2) is 0 Å². The van der Waals surface area contributed by atoms with Crippen molar-refractivity contribution in [3.05, 3.63) is 47.9 Å². The normalized spacial score (nSPS) is 13.0. The first kappa shape index (κ1) is 16.5. The molecule has 1 unspecified atom stereocenters. The Bertz CT molecular complexity index is 710. The molecule has 22 heavy (non-hydrogen) atoms. The van der Waals surface area contributed by atoms with Crippen molar-refractivity contribution in [2.45, 2.75) is 24.3 Å². The number of furan rings is 1. The standard InChI is InChI=1S/C15H19NO5S/c1-11-3-4-14(20-2)15(9-11)22(18,19)16-7-5-13(17)12-6-8-21-10-12/h3-4,6,8-10,13,16-17H,5,7H2,1-2H3. The Labute approximate surface area is 129 Å². The van der Waals surface area contributed by atoms with E-state index in [9.17, 15) is 13.5 Å². The zero-order valence-electron chi connectivity index (χ0n) is 12.4. The molecule has 1 aromatic heterocycles. The van der Waals surface area contributed by atoms with E-state index in [0.29, 0.717) is 5.56 Å². The molecule has 6 nitrogen and oxygen atoms in total. The molecule has 1 heterocycles. The van der Waals surface area contributed by atoms with Crippen LogP contribution >= 0.6 is 0 Å². The number of hydrogen-bond acceptors (Lipinski definition) is 5. The summed E-state index contributed by atoms with van der Waals surface area (Å²) < 4.78 is 37.1. The van der Waals surface area contributed by atoms with Crippen LogP contribution < -0.4 is 9.46 Å². The first-order valence-electron chi connectivity index (χ1n) is 6.78. The number of methoxy groups -OCH3 is 1. The van der Waals surface area contributed by atoms with Crippen molar-refractivity contribution in [1.29, 1.82) is 0 Å². The van der Waals surface area contributed by atoms with Gasteiger partial charge in [0.1, 0.15) is 10.6 Å². The fraction of sp³-hybridized carbons (Fsp3) is 0.333. The summed E-state index contributed by atoms with van der Waals surface area (Å²) in [6.45, 7) is 1.91. The molecule has 0 aliphatic heterocycles. The van der Waals surface area contributed by atoms with Gasteiger partial charge in [0.2, 0.25) is 10.0 Å². The predicted octanol–water partition coefficient (Wildman–Crippen LogP) is 2.00. The number of ether oxygens (including phenoxy) is 1. The van der Waals surface area contributed by atoms with Gasteiger partial charge in [-0.3, -0.25) is 0 Å². The quantitative estimate of drug-likeness (QED) is 0.813. The largest absolute Gasteiger partial charge is 0.495 e. The molecule has 1 aromatic carbocycles. The molecule has 0 aliphatic carbocycles. The maximum Gasteiger partial charge on any atom is 0.244 e. The summed E-state index contributed by atoms with van der Waals surface area (Å²) in [6, 6.07) is 6.58. The van der Waals surface area contributed by atoms with E-state index in [1.54, 1.807) is 31.2 Å². The molecule has 0 radical (unpaired) electrons. The van der Waals surface area contributed by atoms with Crippen molar-refractivity contribution in [2.24, 2.45) is 0 Å².